The van der Waals surface area contributed by atoms with Crippen molar-refractivity contribution in [2.75, 3.05) is 25.2 Å². The highest BCUT2D eigenvalue weighted by atomic mass is 35.5. The second-order valence-corrected chi connectivity index (χ2v) is 16.8. The van der Waals surface area contributed by atoms with Gasteiger partial charge in [-0.1, -0.05) is 31.2 Å². The van der Waals surface area contributed by atoms with Crippen molar-refractivity contribution in [2.24, 2.45) is 5.92 Å². The maximum atomic E-state index is 13.8. The molecule has 0 aliphatic carbocycles. The first-order valence-corrected chi connectivity index (χ1v) is 16.8. The number of aromatic nitrogens is 3. The molecule has 1 atom stereocenters. The molecule has 1 unspecified atom stereocenters. The molecule has 3 heterocycles. The average Bonchev–Trinajstić information content (AvgIpc) is 3.40. The summed E-state index contributed by atoms with van der Waals surface area (Å²) in [5, 5.41) is 7.80. The molecule has 3 aromatic rings. The van der Waals surface area contributed by atoms with E-state index in [1.165, 1.54) is 29.0 Å². The Hall–Kier alpha value is -3.22. The van der Waals surface area contributed by atoms with E-state index < -0.39 is 37.4 Å². The Morgan fingerprint density at radius 3 is 2.48 bits per heavy atom. The number of benzene rings is 1. The standard InChI is InChI=1S/C27H30ClF3N4O4Si/c1-38-27(37)24-21(18-5-7-32-33-14-18)22(28)25(35(24)15-39-9-10-40(2,3)4)34-8-6-17(26(34)36)11-16-12-19(29)23(31)20(30)13-16/h5,7,12-14,17H,6,8-11,15H2,1-4H3. The van der Waals surface area contributed by atoms with Crippen molar-refractivity contribution >= 4 is 37.4 Å². The quantitative estimate of drug-likeness (QED) is 0.129. The zero-order valence-corrected chi connectivity index (χ0v) is 24.4. The molecular formula is C27H30ClF3N4O4Si. The number of methoxy groups -OCH3 is 1. The molecular weight excluding hydrogens is 565 g/mol. The number of anilines is 1. The Kier molecular flexibility index (Phi) is 9.01. The number of nitrogens with zero attached hydrogens (tertiary/aromatic N) is 4. The van der Waals surface area contributed by atoms with Gasteiger partial charge in [0.25, 0.3) is 0 Å². The fourth-order valence-electron chi connectivity index (χ4n) is 4.66. The molecule has 1 aromatic carbocycles. The molecule has 0 N–H and O–H groups in total. The topological polar surface area (TPSA) is 86.5 Å². The lowest BCUT2D eigenvalue weighted by Crippen LogP contribution is -2.31. The van der Waals surface area contributed by atoms with E-state index in [1.807, 2.05) is 0 Å². The maximum Gasteiger partial charge on any atom is 0.355 e. The summed E-state index contributed by atoms with van der Waals surface area (Å²) in [5.74, 6) is -5.64. The van der Waals surface area contributed by atoms with Gasteiger partial charge in [-0.2, -0.15) is 10.2 Å². The van der Waals surface area contributed by atoms with Gasteiger partial charge in [-0.3, -0.25) is 14.3 Å². The molecule has 0 radical (unpaired) electrons. The van der Waals surface area contributed by atoms with Crippen molar-refractivity contribution in [1.82, 2.24) is 14.8 Å². The summed E-state index contributed by atoms with van der Waals surface area (Å²) >= 11 is 6.91. The Balaban J connectivity index is 1.74. The predicted octanol–water partition coefficient (Wildman–Crippen LogP) is 5.71. The lowest BCUT2D eigenvalue weighted by molar-refractivity contribution is -0.120. The second kappa shape index (κ2) is 12.1. The van der Waals surface area contributed by atoms with Crippen LogP contribution in [0.25, 0.3) is 11.1 Å². The third kappa shape index (κ3) is 6.23. The van der Waals surface area contributed by atoms with E-state index in [-0.39, 0.29) is 47.7 Å². The third-order valence-corrected chi connectivity index (χ3v) is 8.81. The third-order valence-electron chi connectivity index (χ3n) is 6.74. The van der Waals surface area contributed by atoms with Crippen LogP contribution >= 0.6 is 11.6 Å². The van der Waals surface area contributed by atoms with E-state index in [0.29, 0.717) is 24.2 Å². The van der Waals surface area contributed by atoms with Gasteiger partial charge >= 0.3 is 5.97 Å². The predicted molar refractivity (Wildman–Crippen MR) is 146 cm³/mol. The van der Waals surface area contributed by atoms with Gasteiger partial charge in [0.05, 0.1) is 24.5 Å². The molecule has 1 fully saturated rings. The summed E-state index contributed by atoms with van der Waals surface area (Å²) in [5.41, 5.74) is 1.04. The minimum absolute atomic E-state index is 0.000514. The van der Waals surface area contributed by atoms with Crippen molar-refractivity contribution in [1.29, 1.82) is 0 Å². The minimum atomic E-state index is -1.56. The van der Waals surface area contributed by atoms with E-state index in [1.54, 1.807) is 6.07 Å². The summed E-state index contributed by atoms with van der Waals surface area (Å²) in [4.78, 5) is 28.2. The Bertz CT molecular complexity index is 1390. The molecule has 8 nitrogen and oxygen atoms in total. The first-order chi connectivity index (χ1) is 18.9. The fraction of sp³-hybridized carbons (Fsp3) is 0.407. The molecule has 1 aliphatic rings. The Labute approximate surface area is 236 Å². The number of hydrogen-bond acceptors (Lipinski definition) is 6. The molecule has 0 saturated carbocycles. The first kappa shape index (κ1) is 29.8. The van der Waals surface area contributed by atoms with Crippen LogP contribution in [0.2, 0.25) is 30.7 Å². The van der Waals surface area contributed by atoms with Gasteiger partial charge in [0, 0.05) is 38.3 Å². The van der Waals surface area contributed by atoms with Crippen LogP contribution in [0, 0.1) is 23.4 Å². The molecule has 1 amide bonds. The van der Waals surface area contributed by atoms with Crippen LogP contribution < -0.4 is 4.90 Å². The van der Waals surface area contributed by atoms with Crippen molar-refractivity contribution in [3.05, 3.63) is 64.3 Å². The highest BCUT2D eigenvalue weighted by Crippen LogP contribution is 2.44. The smallest absolute Gasteiger partial charge is 0.355 e. The van der Waals surface area contributed by atoms with Gasteiger partial charge in [0.1, 0.15) is 18.2 Å². The molecule has 1 aliphatic heterocycles. The van der Waals surface area contributed by atoms with Gasteiger partial charge in [-0.15, -0.1) is 0 Å². The molecule has 0 bridgehead atoms. The van der Waals surface area contributed by atoms with E-state index in [0.717, 1.165) is 18.2 Å². The van der Waals surface area contributed by atoms with Gasteiger partial charge in [-0.05, 0) is 42.6 Å². The minimum Gasteiger partial charge on any atom is -0.464 e. The second-order valence-electron chi connectivity index (χ2n) is 10.8. The number of amides is 1. The molecule has 214 valence electrons. The van der Waals surface area contributed by atoms with Crippen molar-refractivity contribution in [2.45, 2.75) is 45.3 Å². The van der Waals surface area contributed by atoms with E-state index in [9.17, 15) is 22.8 Å². The van der Waals surface area contributed by atoms with E-state index >= 15 is 0 Å². The maximum absolute atomic E-state index is 13.8. The Morgan fingerprint density at radius 1 is 1.18 bits per heavy atom. The van der Waals surface area contributed by atoms with Crippen LogP contribution in [0.4, 0.5) is 19.0 Å². The van der Waals surface area contributed by atoms with Crippen LogP contribution in [0.15, 0.2) is 30.6 Å². The fourth-order valence-corrected chi connectivity index (χ4v) is 5.82. The SMILES string of the molecule is COC(=O)c1c(-c2ccnnc2)c(Cl)c(N2CCC(Cc3cc(F)c(F)c(F)c3)C2=O)n1COCC[Si](C)(C)C. The highest BCUT2D eigenvalue weighted by molar-refractivity contribution is 6.76. The number of esters is 1. The normalized spacial score (nSPS) is 15.7. The van der Waals surface area contributed by atoms with Crippen LogP contribution in [0.5, 0.6) is 0 Å². The largest absolute Gasteiger partial charge is 0.464 e. The number of rotatable bonds is 10. The summed E-state index contributed by atoms with van der Waals surface area (Å²) in [6.45, 7) is 7.23. The lowest BCUT2D eigenvalue weighted by atomic mass is 9.98. The van der Waals surface area contributed by atoms with E-state index in [4.69, 9.17) is 21.1 Å². The molecule has 1 saturated heterocycles. The zero-order valence-electron chi connectivity index (χ0n) is 22.6. The van der Waals surface area contributed by atoms with Gasteiger partial charge in [-0.25, -0.2) is 18.0 Å². The first-order valence-electron chi connectivity index (χ1n) is 12.7. The van der Waals surface area contributed by atoms with Crippen molar-refractivity contribution < 1.29 is 32.2 Å². The van der Waals surface area contributed by atoms with E-state index in [2.05, 4.69) is 29.8 Å². The molecule has 13 heteroatoms. The van der Waals surface area contributed by atoms with Crippen LogP contribution in [0.3, 0.4) is 0 Å². The number of ether oxygens (including phenoxy) is 2. The molecule has 4 rings (SSSR count). The van der Waals surface area contributed by atoms with Gasteiger partial charge < -0.3 is 9.47 Å². The van der Waals surface area contributed by atoms with Crippen molar-refractivity contribution in [3.8, 4) is 11.1 Å². The van der Waals surface area contributed by atoms with Crippen molar-refractivity contribution in [3.63, 3.8) is 0 Å². The number of halogens is 4. The summed E-state index contributed by atoms with van der Waals surface area (Å²) in [6.07, 6.45) is 3.24. The molecule has 40 heavy (non-hydrogen) atoms. The van der Waals surface area contributed by atoms with Crippen LogP contribution in [0.1, 0.15) is 22.5 Å². The lowest BCUT2D eigenvalue weighted by Gasteiger charge is -2.22. The Morgan fingerprint density at radius 2 is 1.88 bits per heavy atom. The average molecular weight is 595 g/mol. The van der Waals surface area contributed by atoms with Crippen LogP contribution in [-0.2, 0) is 27.4 Å². The van der Waals surface area contributed by atoms with Crippen LogP contribution in [-0.4, -0.2) is 55.0 Å². The summed E-state index contributed by atoms with van der Waals surface area (Å²) in [6, 6.07) is 4.29. The van der Waals surface area contributed by atoms with Gasteiger partial charge in [0.15, 0.2) is 17.5 Å². The summed E-state index contributed by atoms with van der Waals surface area (Å²) in [7, 11) is -0.171. The molecule has 2 aromatic heterocycles. The number of carbonyl (C=O) groups excluding carboxylic acids is 2. The monoisotopic (exact) mass is 594 g/mol. The number of carbonyl (C=O) groups is 2. The molecule has 0 spiro atoms. The van der Waals surface area contributed by atoms with Gasteiger partial charge in [0.2, 0.25) is 5.91 Å². The summed E-state index contributed by atoms with van der Waals surface area (Å²) < 4.78 is 53.6. The highest BCUT2D eigenvalue weighted by Gasteiger charge is 2.39. The number of hydrogen-bond donors (Lipinski definition) is 0. The zero-order chi connectivity index (χ0) is 29.2.